The van der Waals surface area contributed by atoms with Crippen LogP contribution in [0.15, 0.2) is 53.7 Å². The van der Waals surface area contributed by atoms with Crippen LogP contribution < -0.4 is 0 Å². The zero-order valence-electron chi connectivity index (χ0n) is 16.7. The fraction of sp³-hybridized carbons (Fsp3) is 0.318. The third-order valence-corrected chi connectivity index (χ3v) is 5.76. The van der Waals surface area contributed by atoms with E-state index < -0.39 is 0 Å². The van der Waals surface area contributed by atoms with E-state index in [1.807, 2.05) is 42.8 Å². The van der Waals surface area contributed by atoms with Crippen molar-refractivity contribution < 1.29 is 9.18 Å². The number of carbonyl (C=O) groups is 1. The molecule has 1 unspecified atom stereocenters. The summed E-state index contributed by atoms with van der Waals surface area (Å²) in [6.07, 6.45) is 0. The average molecular weight is 398 g/mol. The molecule has 146 valence electrons. The van der Waals surface area contributed by atoms with Crippen LogP contribution in [0.5, 0.6) is 0 Å². The second kappa shape index (κ2) is 7.87. The molecule has 1 atom stereocenters. The normalized spacial score (nSPS) is 12.8. The van der Waals surface area contributed by atoms with Crippen LogP contribution in [0.3, 0.4) is 0 Å². The Hall–Kier alpha value is -2.47. The van der Waals surface area contributed by atoms with Gasteiger partial charge in [-0.3, -0.25) is 4.79 Å². The Bertz CT molecular complexity index is 973. The number of benzene rings is 2. The lowest BCUT2D eigenvalue weighted by atomic mass is 9.86. The van der Waals surface area contributed by atoms with Crippen molar-refractivity contribution in [2.45, 2.75) is 43.5 Å². The molecular weight excluding hydrogens is 373 g/mol. The molecule has 0 aliphatic heterocycles. The Balaban J connectivity index is 1.75. The Kier molecular flexibility index (Phi) is 5.70. The largest absolute Gasteiger partial charge is 0.305 e. The summed E-state index contributed by atoms with van der Waals surface area (Å²) < 4.78 is 15.0. The van der Waals surface area contributed by atoms with E-state index in [1.165, 1.54) is 29.5 Å². The molecule has 6 heteroatoms. The van der Waals surface area contributed by atoms with Crippen LogP contribution >= 0.6 is 11.8 Å². The molecule has 0 aliphatic carbocycles. The van der Waals surface area contributed by atoms with Crippen molar-refractivity contribution in [3.05, 3.63) is 65.5 Å². The molecule has 0 aliphatic rings. The number of ketones is 1. The number of hydrogen-bond acceptors (Lipinski definition) is 4. The molecule has 0 fully saturated rings. The highest BCUT2D eigenvalue weighted by Gasteiger charge is 2.21. The van der Waals surface area contributed by atoms with Crippen LogP contribution in [0.25, 0.3) is 11.4 Å². The summed E-state index contributed by atoms with van der Waals surface area (Å²) >= 11 is 1.37. The lowest BCUT2D eigenvalue weighted by Crippen LogP contribution is -2.16. The maximum Gasteiger partial charge on any atom is 0.191 e. The van der Waals surface area contributed by atoms with E-state index in [0.717, 1.165) is 5.56 Å². The number of thioether (sulfide) groups is 1. The van der Waals surface area contributed by atoms with Crippen molar-refractivity contribution in [2.24, 2.45) is 7.05 Å². The first kappa shape index (κ1) is 20.3. The van der Waals surface area contributed by atoms with E-state index in [-0.39, 0.29) is 22.3 Å². The van der Waals surface area contributed by atoms with Crippen molar-refractivity contribution >= 4 is 17.5 Å². The summed E-state index contributed by atoms with van der Waals surface area (Å²) in [6, 6.07) is 13.9. The fourth-order valence-corrected chi connectivity index (χ4v) is 3.74. The monoisotopic (exact) mass is 397 g/mol. The molecule has 3 aromatic rings. The second-order valence-electron chi connectivity index (χ2n) is 7.82. The summed E-state index contributed by atoms with van der Waals surface area (Å²) in [7, 11) is 1.84. The molecule has 0 bridgehead atoms. The minimum Gasteiger partial charge on any atom is -0.305 e. The van der Waals surface area contributed by atoms with Crippen molar-refractivity contribution in [1.82, 2.24) is 14.8 Å². The summed E-state index contributed by atoms with van der Waals surface area (Å²) in [4.78, 5) is 12.8. The van der Waals surface area contributed by atoms with Gasteiger partial charge < -0.3 is 4.57 Å². The number of carbonyl (C=O) groups excluding carboxylic acids is 1. The van der Waals surface area contributed by atoms with Gasteiger partial charge in [0.1, 0.15) is 5.82 Å². The number of hydrogen-bond donors (Lipinski definition) is 0. The van der Waals surface area contributed by atoms with Crippen molar-refractivity contribution in [3.8, 4) is 11.4 Å². The van der Waals surface area contributed by atoms with Gasteiger partial charge in [0, 0.05) is 18.2 Å². The Morgan fingerprint density at radius 2 is 1.64 bits per heavy atom. The van der Waals surface area contributed by atoms with Crippen LogP contribution in [0.1, 0.15) is 43.6 Å². The SMILES string of the molecule is CC(Sc1nnc(-c2ccc(F)cc2)n1C)C(=O)c1ccc(C(C)(C)C)cc1. The van der Waals surface area contributed by atoms with Crippen LogP contribution in [-0.2, 0) is 12.5 Å². The van der Waals surface area contributed by atoms with Crippen LogP contribution in [0.2, 0.25) is 0 Å². The number of rotatable bonds is 5. The summed E-state index contributed by atoms with van der Waals surface area (Å²) in [5.41, 5.74) is 2.72. The summed E-state index contributed by atoms with van der Waals surface area (Å²) in [5, 5.41) is 8.75. The molecule has 1 aromatic heterocycles. The third kappa shape index (κ3) is 4.33. The van der Waals surface area contributed by atoms with Crippen LogP contribution in [-0.4, -0.2) is 25.8 Å². The van der Waals surface area contributed by atoms with Crippen LogP contribution in [0, 0.1) is 5.82 Å². The van der Waals surface area contributed by atoms with E-state index in [4.69, 9.17) is 0 Å². The molecule has 0 radical (unpaired) electrons. The average Bonchev–Trinajstić information content (AvgIpc) is 3.01. The molecule has 0 saturated heterocycles. The molecular formula is C22H24FN3OS. The summed E-state index contributed by atoms with van der Waals surface area (Å²) in [6.45, 7) is 8.32. The van der Waals surface area contributed by atoms with Gasteiger partial charge in [-0.05, 0) is 42.2 Å². The molecule has 0 N–H and O–H groups in total. The quantitative estimate of drug-likeness (QED) is 0.434. The Morgan fingerprint density at radius 1 is 1.04 bits per heavy atom. The van der Waals surface area contributed by atoms with E-state index in [9.17, 15) is 9.18 Å². The molecule has 28 heavy (non-hydrogen) atoms. The van der Waals surface area contributed by atoms with E-state index in [0.29, 0.717) is 16.5 Å². The standard InChI is InChI=1S/C22H24FN3OS/c1-14(19(27)15-6-10-17(11-7-15)22(2,3)4)28-21-25-24-20(26(21)5)16-8-12-18(23)13-9-16/h6-14H,1-5H3. The van der Waals surface area contributed by atoms with Gasteiger partial charge in [0.15, 0.2) is 16.8 Å². The molecule has 0 amide bonds. The van der Waals surface area contributed by atoms with Gasteiger partial charge in [0.25, 0.3) is 0 Å². The topological polar surface area (TPSA) is 47.8 Å². The third-order valence-electron chi connectivity index (χ3n) is 4.62. The lowest BCUT2D eigenvalue weighted by molar-refractivity contribution is 0.0994. The summed E-state index contributed by atoms with van der Waals surface area (Å²) in [5.74, 6) is 0.394. The number of halogens is 1. The highest BCUT2D eigenvalue weighted by Crippen LogP contribution is 2.28. The van der Waals surface area contributed by atoms with Crippen molar-refractivity contribution in [3.63, 3.8) is 0 Å². The molecule has 0 saturated carbocycles. The minimum atomic E-state index is -0.301. The first-order chi connectivity index (χ1) is 13.2. The zero-order valence-corrected chi connectivity index (χ0v) is 17.5. The van der Waals surface area contributed by atoms with Gasteiger partial charge >= 0.3 is 0 Å². The first-order valence-electron chi connectivity index (χ1n) is 9.13. The molecule has 0 spiro atoms. The van der Waals surface area contributed by atoms with E-state index in [1.54, 1.807) is 12.1 Å². The maximum atomic E-state index is 13.1. The Morgan fingerprint density at radius 3 is 2.21 bits per heavy atom. The zero-order chi connectivity index (χ0) is 20.5. The van der Waals surface area contributed by atoms with Gasteiger partial charge in [0.2, 0.25) is 0 Å². The Labute approximate surface area is 169 Å². The van der Waals surface area contributed by atoms with Crippen molar-refractivity contribution in [2.75, 3.05) is 0 Å². The van der Waals surface area contributed by atoms with Gasteiger partial charge in [-0.2, -0.15) is 0 Å². The number of Topliss-reactive ketones (excluding diaryl/α,β-unsaturated/α-hetero) is 1. The van der Waals surface area contributed by atoms with Gasteiger partial charge in [-0.1, -0.05) is 56.8 Å². The predicted molar refractivity (Wildman–Crippen MR) is 111 cm³/mol. The molecule has 3 rings (SSSR count). The number of aromatic nitrogens is 3. The minimum absolute atomic E-state index is 0.0526. The highest BCUT2D eigenvalue weighted by molar-refractivity contribution is 8.00. The predicted octanol–water partition coefficient (Wildman–Crippen LogP) is 5.28. The fourth-order valence-electron chi connectivity index (χ4n) is 2.85. The van der Waals surface area contributed by atoms with Gasteiger partial charge in [-0.15, -0.1) is 10.2 Å². The molecule has 2 aromatic carbocycles. The smallest absolute Gasteiger partial charge is 0.191 e. The molecule has 1 heterocycles. The van der Waals surface area contributed by atoms with E-state index >= 15 is 0 Å². The molecule has 4 nitrogen and oxygen atoms in total. The van der Waals surface area contributed by atoms with Crippen molar-refractivity contribution in [1.29, 1.82) is 0 Å². The second-order valence-corrected chi connectivity index (χ2v) is 9.13. The first-order valence-corrected chi connectivity index (χ1v) is 10.0. The van der Waals surface area contributed by atoms with Gasteiger partial charge in [0.05, 0.1) is 5.25 Å². The maximum absolute atomic E-state index is 13.1. The van der Waals surface area contributed by atoms with E-state index in [2.05, 4.69) is 31.0 Å². The van der Waals surface area contributed by atoms with Gasteiger partial charge in [-0.25, -0.2) is 4.39 Å². The number of nitrogens with zero attached hydrogens (tertiary/aromatic N) is 3. The lowest BCUT2D eigenvalue weighted by Gasteiger charge is -2.19. The van der Waals surface area contributed by atoms with Crippen LogP contribution in [0.4, 0.5) is 4.39 Å². The highest BCUT2D eigenvalue weighted by atomic mass is 32.2.